The molecule has 19 heavy (non-hydrogen) atoms. The first kappa shape index (κ1) is 12.7. The summed E-state index contributed by atoms with van der Waals surface area (Å²) in [4.78, 5) is 4.89. The van der Waals surface area contributed by atoms with Crippen LogP contribution in [0.25, 0.3) is 10.9 Å². The van der Waals surface area contributed by atoms with Gasteiger partial charge in [-0.1, -0.05) is 11.6 Å². The Kier molecular flexibility index (Phi) is 3.36. The van der Waals surface area contributed by atoms with Gasteiger partial charge in [0.15, 0.2) is 0 Å². The Morgan fingerprint density at radius 3 is 2.84 bits per heavy atom. The average molecular weight is 275 g/mol. The first-order valence-corrected chi connectivity index (χ1v) is 7.44. The van der Waals surface area contributed by atoms with Gasteiger partial charge in [-0.3, -0.25) is 4.98 Å². The van der Waals surface area contributed by atoms with E-state index in [2.05, 4.69) is 25.2 Å². The van der Waals surface area contributed by atoms with E-state index in [0.717, 1.165) is 35.5 Å². The van der Waals surface area contributed by atoms with Gasteiger partial charge >= 0.3 is 0 Å². The Hall–Kier alpha value is -1.28. The molecule has 100 valence electrons. The van der Waals surface area contributed by atoms with Crippen LogP contribution >= 0.6 is 11.6 Å². The van der Waals surface area contributed by atoms with Crippen molar-refractivity contribution in [1.29, 1.82) is 0 Å². The van der Waals surface area contributed by atoms with E-state index in [1.165, 1.54) is 35.2 Å². The van der Waals surface area contributed by atoms with Gasteiger partial charge in [-0.15, -0.1) is 0 Å². The molecule has 0 amide bonds. The van der Waals surface area contributed by atoms with Crippen LogP contribution in [0, 0.1) is 6.92 Å². The van der Waals surface area contributed by atoms with Crippen molar-refractivity contribution in [1.82, 2.24) is 4.98 Å². The van der Waals surface area contributed by atoms with Gasteiger partial charge in [0.1, 0.15) is 0 Å². The molecule has 1 aromatic carbocycles. The summed E-state index contributed by atoms with van der Waals surface area (Å²) in [7, 11) is 0. The second-order valence-corrected chi connectivity index (χ2v) is 5.63. The van der Waals surface area contributed by atoms with Gasteiger partial charge in [-0.2, -0.15) is 0 Å². The van der Waals surface area contributed by atoms with Gasteiger partial charge in [-0.25, -0.2) is 0 Å². The predicted octanol–water partition coefficient (Wildman–Crippen LogP) is 4.51. The Morgan fingerprint density at radius 1 is 1.26 bits per heavy atom. The van der Waals surface area contributed by atoms with E-state index < -0.39 is 0 Å². The first-order chi connectivity index (χ1) is 9.22. The molecule has 2 nitrogen and oxygen atoms in total. The minimum Gasteiger partial charge on any atom is -0.384 e. The normalized spacial score (nSPS) is 14.5. The quantitative estimate of drug-likeness (QED) is 0.872. The van der Waals surface area contributed by atoms with Gasteiger partial charge in [0.25, 0.3) is 0 Å². The lowest BCUT2D eigenvalue weighted by Crippen LogP contribution is -2.11. The number of aromatic nitrogens is 1. The summed E-state index contributed by atoms with van der Waals surface area (Å²) in [5.41, 5.74) is 6.11. The van der Waals surface area contributed by atoms with E-state index in [-0.39, 0.29) is 0 Å². The highest BCUT2D eigenvalue weighted by molar-refractivity contribution is 6.32. The maximum Gasteiger partial charge on any atom is 0.0770 e. The van der Waals surface area contributed by atoms with E-state index in [1.807, 2.05) is 6.07 Å². The number of benzene rings is 1. The SMILES string of the molecule is CCNc1c2c(nc3c(C)c(Cl)ccc13)CCCC2. The number of nitrogens with one attached hydrogen (secondary N) is 1. The highest BCUT2D eigenvalue weighted by atomic mass is 35.5. The fourth-order valence-corrected chi connectivity index (χ4v) is 3.13. The number of fused-ring (bicyclic) bond motifs is 2. The van der Waals surface area contributed by atoms with Crippen LogP contribution in [0.5, 0.6) is 0 Å². The molecular formula is C16H19ClN2. The maximum absolute atomic E-state index is 6.24. The summed E-state index contributed by atoms with van der Waals surface area (Å²) in [6.07, 6.45) is 4.75. The summed E-state index contributed by atoms with van der Waals surface area (Å²) in [6.45, 7) is 5.14. The Bertz CT molecular complexity index is 634. The fourth-order valence-electron chi connectivity index (χ4n) is 2.98. The van der Waals surface area contributed by atoms with Crippen molar-refractivity contribution in [2.24, 2.45) is 0 Å². The van der Waals surface area contributed by atoms with Gasteiger partial charge < -0.3 is 5.32 Å². The second kappa shape index (κ2) is 5.01. The zero-order chi connectivity index (χ0) is 13.4. The lowest BCUT2D eigenvalue weighted by Gasteiger charge is -2.22. The Morgan fingerprint density at radius 2 is 2.05 bits per heavy atom. The number of pyridine rings is 1. The number of hydrogen-bond donors (Lipinski definition) is 1. The van der Waals surface area contributed by atoms with Gasteiger partial charge in [-0.05, 0) is 62.8 Å². The molecule has 1 aliphatic carbocycles. The van der Waals surface area contributed by atoms with Crippen LogP contribution in [0.1, 0.15) is 36.6 Å². The summed E-state index contributed by atoms with van der Waals surface area (Å²) < 4.78 is 0. The van der Waals surface area contributed by atoms with Crippen LogP contribution in [-0.2, 0) is 12.8 Å². The molecule has 3 heteroatoms. The zero-order valence-corrected chi connectivity index (χ0v) is 12.3. The highest BCUT2D eigenvalue weighted by Gasteiger charge is 2.19. The highest BCUT2D eigenvalue weighted by Crippen LogP contribution is 2.36. The first-order valence-electron chi connectivity index (χ1n) is 7.06. The summed E-state index contributed by atoms with van der Waals surface area (Å²) in [5, 5.41) is 5.56. The molecule has 1 N–H and O–H groups in total. The van der Waals surface area contributed by atoms with Crippen molar-refractivity contribution in [3.63, 3.8) is 0 Å². The number of hydrogen-bond acceptors (Lipinski definition) is 2. The van der Waals surface area contributed by atoms with Gasteiger partial charge in [0.05, 0.1) is 5.52 Å². The smallest absolute Gasteiger partial charge is 0.0770 e. The molecule has 0 spiro atoms. The lowest BCUT2D eigenvalue weighted by molar-refractivity contribution is 0.672. The molecule has 0 fully saturated rings. The average Bonchev–Trinajstić information content (AvgIpc) is 2.43. The van der Waals surface area contributed by atoms with E-state index in [4.69, 9.17) is 16.6 Å². The molecule has 0 radical (unpaired) electrons. The van der Waals surface area contributed by atoms with E-state index >= 15 is 0 Å². The van der Waals surface area contributed by atoms with Crippen molar-refractivity contribution < 1.29 is 0 Å². The third kappa shape index (κ3) is 2.08. The van der Waals surface area contributed by atoms with Crippen LogP contribution in [-0.4, -0.2) is 11.5 Å². The molecule has 0 atom stereocenters. The van der Waals surface area contributed by atoms with Gasteiger partial charge in [0, 0.05) is 28.3 Å². The number of rotatable bonds is 2. The van der Waals surface area contributed by atoms with E-state index in [0.29, 0.717) is 0 Å². The minimum atomic E-state index is 0.804. The van der Waals surface area contributed by atoms with Crippen LogP contribution < -0.4 is 5.32 Å². The molecule has 0 saturated heterocycles. The topological polar surface area (TPSA) is 24.9 Å². The molecule has 1 aromatic heterocycles. The van der Waals surface area contributed by atoms with E-state index in [1.54, 1.807) is 0 Å². The van der Waals surface area contributed by atoms with Crippen molar-refractivity contribution in [3.8, 4) is 0 Å². The molecule has 0 bridgehead atoms. The Labute approximate surface area is 119 Å². The third-order valence-electron chi connectivity index (χ3n) is 3.98. The van der Waals surface area contributed by atoms with Crippen LogP contribution in [0.15, 0.2) is 12.1 Å². The van der Waals surface area contributed by atoms with Gasteiger partial charge in [0.2, 0.25) is 0 Å². The zero-order valence-electron chi connectivity index (χ0n) is 11.5. The molecular weight excluding hydrogens is 256 g/mol. The summed E-state index contributed by atoms with van der Waals surface area (Å²) in [5.74, 6) is 0. The molecule has 0 aliphatic heterocycles. The second-order valence-electron chi connectivity index (χ2n) is 5.22. The monoisotopic (exact) mass is 274 g/mol. The standard InChI is InChI=1S/C16H19ClN2/c1-3-18-16-11-6-4-5-7-14(11)19-15-10(2)13(17)9-8-12(15)16/h8-9H,3-7H2,1-2H3,(H,18,19). The molecule has 1 heterocycles. The maximum atomic E-state index is 6.24. The summed E-state index contributed by atoms with van der Waals surface area (Å²) in [6, 6.07) is 4.08. The number of aryl methyl sites for hydroxylation is 2. The largest absolute Gasteiger partial charge is 0.384 e. The molecule has 3 rings (SSSR count). The van der Waals surface area contributed by atoms with Crippen molar-refractivity contribution in [2.75, 3.05) is 11.9 Å². The predicted molar refractivity (Wildman–Crippen MR) is 82.3 cm³/mol. The number of anilines is 1. The molecule has 1 aliphatic rings. The summed E-state index contributed by atoms with van der Waals surface area (Å²) >= 11 is 6.24. The van der Waals surface area contributed by atoms with Crippen LogP contribution in [0.3, 0.4) is 0 Å². The minimum absolute atomic E-state index is 0.804. The Balaban J connectivity index is 2.35. The van der Waals surface area contributed by atoms with Crippen LogP contribution in [0.4, 0.5) is 5.69 Å². The third-order valence-corrected chi connectivity index (χ3v) is 4.38. The van der Waals surface area contributed by atoms with Crippen LogP contribution in [0.2, 0.25) is 5.02 Å². The molecule has 0 unspecified atom stereocenters. The van der Waals surface area contributed by atoms with Crippen molar-refractivity contribution >= 4 is 28.2 Å². The fraction of sp³-hybridized carbons (Fsp3) is 0.438. The van der Waals surface area contributed by atoms with E-state index in [9.17, 15) is 0 Å². The number of halogens is 1. The van der Waals surface area contributed by atoms with Crippen molar-refractivity contribution in [2.45, 2.75) is 39.5 Å². The van der Waals surface area contributed by atoms with Crippen molar-refractivity contribution in [3.05, 3.63) is 34.0 Å². The molecule has 2 aromatic rings. The lowest BCUT2D eigenvalue weighted by atomic mass is 9.92. The molecule has 0 saturated carbocycles. The number of nitrogens with zero attached hydrogens (tertiary/aromatic N) is 1.